The van der Waals surface area contributed by atoms with E-state index in [4.69, 9.17) is 11.6 Å². The van der Waals surface area contributed by atoms with Gasteiger partial charge in [0.2, 0.25) is 0 Å². The number of piperidine rings is 1. The molecule has 0 aromatic heterocycles. The second-order valence-electron chi connectivity index (χ2n) is 3.59. The zero-order chi connectivity index (χ0) is 8.10. The molecule has 0 aromatic carbocycles. The highest BCUT2D eigenvalue weighted by Gasteiger charge is 2.14. The number of likely N-dealkylation sites (tertiary alicyclic amines) is 1. The Hall–Kier alpha value is 0.540. The highest BCUT2D eigenvalue weighted by atomic mass is 35.5. The number of hydrogen-bond donors (Lipinski definition) is 0. The van der Waals surface area contributed by atoms with Crippen LogP contribution in [0, 0.1) is 5.92 Å². The third-order valence-electron chi connectivity index (χ3n) is 2.35. The van der Waals surface area contributed by atoms with E-state index in [1.165, 1.54) is 32.5 Å². The Morgan fingerprint density at radius 3 is 2.83 bits per heavy atom. The highest BCUT2D eigenvalue weighted by molar-refractivity contribution is 6.17. The molecule has 0 N–H and O–H groups in total. The third-order valence-corrected chi connectivity index (χ3v) is 2.62. The van der Waals surface area contributed by atoms with Gasteiger partial charge in [-0.05, 0) is 38.3 Å². The van der Waals surface area contributed by atoms with Crippen LogP contribution in [-0.2, 0) is 0 Å². The predicted octanol–water partition coefficient (Wildman–Crippen LogP) is 2.77. The van der Waals surface area contributed by atoms with Gasteiger partial charge < -0.3 is 4.90 Å². The Bertz CT molecular complexity index is 109. The van der Waals surface area contributed by atoms with Crippen molar-refractivity contribution in [2.24, 2.45) is 5.92 Å². The van der Waals surface area contributed by atoms with E-state index in [0.29, 0.717) is 0 Å². The van der Waals surface area contributed by atoms with Crippen molar-refractivity contribution in [3.05, 3.63) is 0 Å². The van der Waals surface area contributed by atoms with Gasteiger partial charge >= 0.3 is 0 Å². The minimum absolute atomic E-state index is 0. The summed E-state index contributed by atoms with van der Waals surface area (Å²) in [6.45, 7) is 6.12. The lowest BCUT2D eigenvalue weighted by Crippen LogP contribution is -2.35. The first-order valence-electron chi connectivity index (χ1n) is 4.61. The zero-order valence-electron chi connectivity index (χ0n) is 7.76. The molecule has 1 aliphatic heterocycles. The van der Waals surface area contributed by atoms with Crippen LogP contribution in [0.2, 0.25) is 0 Å². The number of alkyl halides is 1. The average Bonchev–Trinajstić information content (AvgIpc) is 2.01. The van der Waals surface area contributed by atoms with Crippen molar-refractivity contribution in [1.82, 2.24) is 4.90 Å². The first-order valence-corrected chi connectivity index (χ1v) is 5.14. The van der Waals surface area contributed by atoms with Crippen LogP contribution in [0.15, 0.2) is 0 Å². The Kier molecular flexibility index (Phi) is 7.31. The van der Waals surface area contributed by atoms with E-state index >= 15 is 0 Å². The molecule has 1 heterocycles. The van der Waals surface area contributed by atoms with E-state index < -0.39 is 0 Å². The van der Waals surface area contributed by atoms with Crippen LogP contribution in [0.1, 0.15) is 26.2 Å². The maximum Gasteiger partial charge on any atom is 0.0235 e. The van der Waals surface area contributed by atoms with Crippen molar-refractivity contribution in [2.45, 2.75) is 26.2 Å². The van der Waals surface area contributed by atoms with Crippen LogP contribution < -0.4 is 0 Å². The van der Waals surface area contributed by atoms with Crippen molar-refractivity contribution in [2.75, 3.05) is 25.5 Å². The van der Waals surface area contributed by atoms with Gasteiger partial charge in [-0.1, -0.05) is 6.92 Å². The number of halogens is 2. The molecule has 0 saturated carbocycles. The summed E-state index contributed by atoms with van der Waals surface area (Å²) in [7, 11) is 0. The molecule has 12 heavy (non-hydrogen) atoms. The Labute approximate surface area is 86.9 Å². The molecular weight excluding hydrogens is 193 g/mol. The molecule has 0 bridgehead atoms. The third kappa shape index (κ3) is 4.54. The molecule has 0 unspecified atom stereocenters. The van der Waals surface area contributed by atoms with Gasteiger partial charge in [0.25, 0.3) is 0 Å². The molecule has 0 aromatic rings. The second-order valence-corrected chi connectivity index (χ2v) is 3.97. The molecule has 0 amide bonds. The molecule has 0 aliphatic carbocycles. The largest absolute Gasteiger partial charge is 0.303 e. The van der Waals surface area contributed by atoms with Crippen molar-refractivity contribution in [3.8, 4) is 0 Å². The molecule has 1 aliphatic rings. The molecule has 0 spiro atoms. The van der Waals surface area contributed by atoms with Gasteiger partial charge in [0, 0.05) is 12.4 Å². The van der Waals surface area contributed by atoms with Crippen LogP contribution in [-0.4, -0.2) is 30.4 Å². The topological polar surface area (TPSA) is 3.24 Å². The van der Waals surface area contributed by atoms with Gasteiger partial charge in [-0.2, -0.15) is 0 Å². The summed E-state index contributed by atoms with van der Waals surface area (Å²) in [4.78, 5) is 2.54. The van der Waals surface area contributed by atoms with Gasteiger partial charge in [0.05, 0.1) is 0 Å². The number of nitrogens with zero attached hydrogens (tertiary/aromatic N) is 1. The maximum absolute atomic E-state index is 5.63. The monoisotopic (exact) mass is 211 g/mol. The summed E-state index contributed by atoms with van der Waals surface area (Å²) < 4.78 is 0. The van der Waals surface area contributed by atoms with Crippen molar-refractivity contribution < 1.29 is 0 Å². The lowest BCUT2D eigenvalue weighted by molar-refractivity contribution is 0.184. The lowest BCUT2D eigenvalue weighted by Gasteiger charge is -2.30. The summed E-state index contributed by atoms with van der Waals surface area (Å²) in [5.74, 6) is 1.71. The molecule has 1 rings (SSSR count). The summed E-state index contributed by atoms with van der Waals surface area (Å²) in [5, 5.41) is 0. The van der Waals surface area contributed by atoms with E-state index in [9.17, 15) is 0 Å². The van der Waals surface area contributed by atoms with Gasteiger partial charge in [0.15, 0.2) is 0 Å². The SMILES string of the molecule is C[C@H]1CCCN(CCCCl)C1.Cl. The van der Waals surface area contributed by atoms with Gasteiger partial charge in [-0.25, -0.2) is 0 Å². The minimum Gasteiger partial charge on any atom is -0.303 e. The van der Waals surface area contributed by atoms with Gasteiger partial charge in [-0.3, -0.25) is 0 Å². The Morgan fingerprint density at radius 1 is 1.50 bits per heavy atom. The standard InChI is InChI=1S/C9H18ClN.ClH/c1-9-4-2-6-11(8-9)7-3-5-10;/h9H,2-8H2,1H3;1H/t9-;/m0./s1. The highest BCUT2D eigenvalue weighted by Crippen LogP contribution is 2.15. The van der Waals surface area contributed by atoms with Crippen LogP contribution in [0.25, 0.3) is 0 Å². The maximum atomic E-state index is 5.63. The summed E-state index contributed by atoms with van der Waals surface area (Å²) in [6.07, 6.45) is 3.94. The van der Waals surface area contributed by atoms with Crippen LogP contribution >= 0.6 is 24.0 Å². The molecule has 1 fully saturated rings. The van der Waals surface area contributed by atoms with E-state index in [-0.39, 0.29) is 12.4 Å². The minimum atomic E-state index is 0. The van der Waals surface area contributed by atoms with E-state index in [0.717, 1.165) is 18.2 Å². The quantitative estimate of drug-likeness (QED) is 0.650. The second kappa shape index (κ2) is 6.99. The predicted molar refractivity (Wildman–Crippen MR) is 57.4 cm³/mol. The van der Waals surface area contributed by atoms with Crippen LogP contribution in [0.3, 0.4) is 0 Å². The first-order chi connectivity index (χ1) is 5.33. The van der Waals surface area contributed by atoms with Crippen molar-refractivity contribution in [1.29, 1.82) is 0 Å². The normalized spacial score (nSPS) is 25.0. The smallest absolute Gasteiger partial charge is 0.0235 e. The Morgan fingerprint density at radius 2 is 2.25 bits per heavy atom. The Balaban J connectivity index is 0.00000121. The molecule has 0 radical (unpaired) electrons. The fourth-order valence-corrected chi connectivity index (χ4v) is 1.89. The average molecular weight is 212 g/mol. The van der Waals surface area contributed by atoms with Crippen LogP contribution in [0.5, 0.6) is 0 Å². The molecule has 1 saturated heterocycles. The van der Waals surface area contributed by atoms with Crippen molar-refractivity contribution in [3.63, 3.8) is 0 Å². The molecule has 74 valence electrons. The molecule has 1 nitrogen and oxygen atoms in total. The lowest BCUT2D eigenvalue weighted by atomic mass is 10.0. The fourth-order valence-electron chi connectivity index (χ4n) is 1.77. The molecule has 1 atom stereocenters. The fraction of sp³-hybridized carbons (Fsp3) is 1.00. The van der Waals surface area contributed by atoms with E-state index in [2.05, 4.69) is 11.8 Å². The van der Waals surface area contributed by atoms with Crippen molar-refractivity contribution >= 4 is 24.0 Å². The zero-order valence-corrected chi connectivity index (χ0v) is 9.33. The number of hydrogen-bond acceptors (Lipinski definition) is 1. The first kappa shape index (κ1) is 12.5. The van der Waals surface area contributed by atoms with E-state index in [1.807, 2.05) is 0 Å². The summed E-state index contributed by atoms with van der Waals surface area (Å²) in [6, 6.07) is 0. The summed E-state index contributed by atoms with van der Waals surface area (Å²) in [5.41, 5.74) is 0. The summed E-state index contributed by atoms with van der Waals surface area (Å²) >= 11 is 5.63. The number of rotatable bonds is 3. The van der Waals surface area contributed by atoms with Crippen LogP contribution in [0.4, 0.5) is 0 Å². The van der Waals surface area contributed by atoms with Gasteiger partial charge in [0.1, 0.15) is 0 Å². The van der Waals surface area contributed by atoms with E-state index in [1.54, 1.807) is 0 Å². The molecule has 3 heteroatoms. The van der Waals surface area contributed by atoms with Gasteiger partial charge in [-0.15, -0.1) is 24.0 Å². The molecular formula is C9H19Cl2N.